The fraction of sp³-hybridized carbons (Fsp3) is 1.00. The first kappa shape index (κ1) is 13.0. The summed E-state index contributed by atoms with van der Waals surface area (Å²) in [5.41, 5.74) is 0. The second-order valence-electron chi connectivity index (χ2n) is 4.60. The molecule has 2 nitrogen and oxygen atoms in total. The summed E-state index contributed by atoms with van der Waals surface area (Å²) in [5, 5.41) is 3.59. The third-order valence-corrected chi connectivity index (χ3v) is 3.51. The van der Waals surface area contributed by atoms with Crippen molar-refractivity contribution in [2.75, 3.05) is 13.2 Å². The lowest BCUT2D eigenvalue weighted by Gasteiger charge is -2.34. The van der Waals surface area contributed by atoms with Crippen LogP contribution in [-0.4, -0.2) is 25.3 Å². The van der Waals surface area contributed by atoms with Crippen LogP contribution in [0.3, 0.4) is 0 Å². The highest BCUT2D eigenvalue weighted by Crippen LogP contribution is 2.31. The zero-order valence-electron chi connectivity index (χ0n) is 10.6. The van der Waals surface area contributed by atoms with Crippen molar-refractivity contribution >= 4 is 0 Å². The van der Waals surface area contributed by atoms with Crippen molar-refractivity contribution in [3.05, 3.63) is 0 Å². The Kier molecular flexibility index (Phi) is 6.26. The van der Waals surface area contributed by atoms with Crippen LogP contribution in [0.2, 0.25) is 0 Å². The van der Waals surface area contributed by atoms with E-state index in [0.29, 0.717) is 12.1 Å². The lowest BCUT2D eigenvalue weighted by molar-refractivity contribution is 0.0217. The van der Waals surface area contributed by atoms with E-state index in [0.717, 1.165) is 25.5 Å². The molecule has 1 saturated carbocycles. The van der Waals surface area contributed by atoms with Crippen molar-refractivity contribution in [1.82, 2.24) is 5.32 Å². The van der Waals surface area contributed by atoms with Crippen LogP contribution in [0.25, 0.3) is 0 Å². The van der Waals surface area contributed by atoms with Crippen molar-refractivity contribution in [2.45, 2.75) is 65.0 Å². The van der Waals surface area contributed by atoms with Gasteiger partial charge < -0.3 is 10.1 Å². The Morgan fingerprint density at radius 3 is 2.40 bits per heavy atom. The zero-order valence-corrected chi connectivity index (χ0v) is 10.6. The monoisotopic (exact) mass is 213 g/mol. The van der Waals surface area contributed by atoms with Gasteiger partial charge in [0.1, 0.15) is 0 Å². The van der Waals surface area contributed by atoms with Crippen LogP contribution in [-0.2, 0) is 4.74 Å². The standard InChI is InChI=1S/C13H27NO/c1-4-13(15-6-3)12(14-5-2)10-11-8-7-9-11/h11-14H,4-10H2,1-3H3. The predicted molar refractivity (Wildman–Crippen MR) is 65.1 cm³/mol. The summed E-state index contributed by atoms with van der Waals surface area (Å²) in [6.45, 7) is 8.40. The Balaban J connectivity index is 2.37. The minimum atomic E-state index is 0.413. The third kappa shape index (κ3) is 4.12. The molecule has 0 aliphatic heterocycles. The summed E-state index contributed by atoms with van der Waals surface area (Å²) in [4.78, 5) is 0. The van der Waals surface area contributed by atoms with Crippen LogP contribution >= 0.6 is 0 Å². The molecule has 0 aromatic carbocycles. The summed E-state index contributed by atoms with van der Waals surface area (Å²) >= 11 is 0. The van der Waals surface area contributed by atoms with Crippen LogP contribution in [0.4, 0.5) is 0 Å². The molecule has 0 spiro atoms. The summed E-state index contributed by atoms with van der Waals surface area (Å²) in [5.74, 6) is 0.962. The molecule has 0 radical (unpaired) electrons. The first-order chi connectivity index (χ1) is 7.31. The molecule has 1 fully saturated rings. The minimum absolute atomic E-state index is 0.413. The van der Waals surface area contributed by atoms with Crippen molar-refractivity contribution in [2.24, 2.45) is 5.92 Å². The lowest BCUT2D eigenvalue weighted by Crippen LogP contribution is -2.43. The maximum atomic E-state index is 5.81. The van der Waals surface area contributed by atoms with E-state index in [1.54, 1.807) is 0 Å². The number of nitrogens with one attached hydrogen (secondary N) is 1. The molecular formula is C13H27NO. The quantitative estimate of drug-likeness (QED) is 0.669. The number of likely N-dealkylation sites (N-methyl/N-ethyl adjacent to an activating group) is 1. The largest absolute Gasteiger partial charge is 0.377 e. The van der Waals surface area contributed by atoms with E-state index in [1.807, 2.05) is 0 Å². The summed E-state index contributed by atoms with van der Waals surface area (Å²) < 4.78 is 5.81. The van der Waals surface area contributed by atoms with E-state index in [4.69, 9.17) is 4.74 Å². The summed E-state index contributed by atoms with van der Waals surface area (Å²) in [6, 6.07) is 0.574. The number of hydrogen-bond acceptors (Lipinski definition) is 2. The van der Waals surface area contributed by atoms with Crippen LogP contribution in [0.1, 0.15) is 52.9 Å². The first-order valence-corrected chi connectivity index (χ1v) is 6.66. The molecule has 0 saturated heterocycles. The molecule has 15 heavy (non-hydrogen) atoms. The van der Waals surface area contributed by atoms with Crippen molar-refractivity contribution in [3.63, 3.8) is 0 Å². The smallest absolute Gasteiger partial charge is 0.0725 e. The van der Waals surface area contributed by atoms with Gasteiger partial charge in [0.05, 0.1) is 6.10 Å². The molecule has 2 heteroatoms. The lowest BCUT2D eigenvalue weighted by atomic mass is 9.79. The van der Waals surface area contributed by atoms with Gasteiger partial charge in [-0.2, -0.15) is 0 Å². The maximum absolute atomic E-state index is 5.81. The van der Waals surface area contributed by atoms with E-state index in [2.05, 4.69) is 26.1 Å². The molecule has 0 amide bonds. The Labute approximate surface area is 94.8 Å². The van der Waals surface area contributed by atoms with Crippen LogP contribution in [0.5, 0.6) is 0 Å². The average Bonchev–Trinajstić information content (AvgIpc) is 2.18. The minimum Gasteiger partial charge on any atom is -0.377 e. The Morgan fingerprint density at radius 2 is 2.00 bits per heavy atom. The van der Waals surface area contributed by atoms with Gasteiger partial charge in [-0.1, -0.05) is 33.1 Å². The molecule has 0 bridgehead atoms. The molecule has 90 valence electrons. The number of ether oxygens (including phenoxy) is 1. The Hall–Kier alpha value is -0.0800. The van der Waals surface area contributed by atoms with Crippen LogP contribution in [0, 0.1) is 5.92 Å². The molecule has 1 rings (SSSR count). The summed E-state index contributed by atoms with van der Waals surface area (Å²) in [6.07, 6.45) is 7.16. The molecule has 2 atom stereocenters. The average molecular weight is 213 g/mol. The molecule has 0 aromatic rings. The van der Waals surface area contributed by atoms with Gasteiger partial charge in [-0.25, -0.2) is 0 Å². The maximum Gasteiger partial charge on any atom is 0.0725 e. The topological polar surface area (TPSA) is 21.3 Å². The van der Waals surface area contributed by atoms with E-state index in [9.17, 15) is 0 Å². The van der Waals surface area contributed by atoms with Crippen molar-refractivity contribution in [1.29, 1.82) is 0 Å². The molecule has 0 heterocycles. The van der Waals surface area contributed by atoms with Crippen molar-refractivity contribution < 1.29 is 4.74 Å². The summed E-state index contributed by atoms with van der Waals surface area (Å²) in [7, 11) is 0. The van der Waals surface area contributed by atoms with Gasteiger partial charge in [0.2, 0.25) is 0 Å². The fourth-order valence-corrected chi connectivity index (χ4v) is 2.45. The van der Waals surface area contributed by atoms with Crippen LogP contribution in [0.15, 0.2) is 0 Å². The van der Waals surface area contributed by atoms with Gasteiger partial charge in [-0.05, 0) is 32.2 Å². The Morgan fingerprint density at radius 1 is 1.27 bits per heavy atom. The van der Waals surface area contributed by atoms with Gasteiger partial charge in [-0.3, -0.25) is 0 Å². The third-order valence-electron chi connectivity index (χ3n) is 3.51. The van der Waals surface area contributed by atoms with E-state index >= 15 is 0 Å². The number of hydrogen-bond donors (Lipinski definition) is 1. The van der Waals surface area contributed by atoms with Gasteiger partial charge in [0.15, 0.2) is 0 Å². The highest BCUT2D eigenvalue weighted by Gasteiger charge is 2.26. The first-order valence-electron chi connectivity index (χ1n) is 6.66. The highest BCUT2D eigenvalue weighted by atomic mass is 16.5. The van der Waals surface area contributed by atoms with Gasteiger partial charge in [-0.15, -0.1) is 0 Å². The van der Waals surface area contributed by atoms with Gasteiger partial charge in [0, 0.05) is 12.6 Å². The highest BCUT2D eigenvalue weighted by molar-refractivity contribution is 4.82. The van der Waals surface area contributed by atoms with Gasteiger partial charge in [0.25, 0.3) is 0 Å². The van der Waals surface area contributed by atoms with E-state index in [1.165, 1.54) is 25.7 Å². The molecule has 1 aliphatic rings. The second-order valence-corrected chi connectivity index (χ2v) is 4.60. The molecule has 0 aromatic heterocycles. The SMILES string of the molecule is CCNC(CC1CCC1)C(CC)OCC. The normalized spacial score (nSPS) is 21.0. The number of rotatable bonds is 8. The zero-order chi connectivity index (χ0) is 11.1. The predicted octanol–water partition coefficient (Wildman–Crippen LogP) is 2.97. The second kappa shape index (κ2) is 7.24. The fourth-order valence-electron chi connectivity index (χ4n) is 2.45. The molecule has 1 aliphatic carbocycles. The van der Waals surface area contributed by atoms with E-state index in [-0.39, 0.29) is 0 Å². The van der Waals surface area contributed by atoms with Crippen molar-refractivity contribution in [3.8, 4) is 0 Å². The van der Waals surface area contributed by atoms with Gasteiger partial charge >= 0.3 is 0 Å². The van der Waals surface area contributed by atoms with Crippen LogP contribution < -0.4 is 5.32 Å². The molecule has 1 N–H and O–H groups in total. The molecule has 2 unspecified atom stereocenters. The Bertz CT molecular complexity index is 157. The molecular weight excluding hydrogens is 186 g/mol. The van der Waals surface area contributed by atoms with E-state index < -0.39 is 0 Å².